The first-order valence-electron chi connectivity index (χ1n) is 7.26. The van der Waals surface area contributed by atoms with Crippen LogP contribution in [0.3, 0.4) is 0 Å². The minimum absolute atomic E-state index is 0.0973. The van der Waals surface area contributed by atoms with Crippen LogP contribution in [0.25, 0.3) is 0 Å². The van der Waals surface area contributed by atoms with E-state index in [9.17, 15) is 9.59 Å². The van der Waals surface area contributed by atoms with Gasteiger partial charge in [-0.05, 0) is 32.0 Å². The van der Waals surface area contributed by atoms with E-state index in [4.69, 9.17) is 9.47 Å². The van der Waals surface area contributed by atoms with Gasteiger partial charge < -0.3 is 9.47 Å². The van der Waals surface area contributed by atoms with Gasteiger partial charge in [0.25, 0.3) is 5.91 Å². The summed E-state index contributed by atoms with van der Waals surface area (Å²) in [6.45, 7) is 4.51. The van der Waals surface area contributed by atoms with Crippen LogP contribution in [0.2, 0.25) is 0 Å². The number of benzene rings is 1. The number of thiazole rings is 1. The van der Waals surface area contributed by atoms with Crippen LogP contribution in [-0.2, 0) is 16.0 Å². The maximum absolute atomic E-state index is 12.2. The number of ether oxygens (including phenoxy) is 2. The summed E-state index contributed by atoms with van der Waals surface area (Å²) in [6, 6.07) is 6.92. The maximum atomic E-state index is 12.2. The number of aromatic nitrogens is 1. The number of anilines is 1. The van der Waals surface area contributed by atoms with E-state index >= 15 is 0 Å². The lowest BCUT2D eigenvalue weighted by Gasteiger charge is -2.05. The van der Waals surface area contributed by atoms with Crippen molar-refractivity contribution in [3.05, 3.63) is 40.9 Å². The molecular weight excluding hydrogens is 316 g/mol. The molecule has 0 unspecified atom stereocenters. The van der Waals surface area contributed by atoms with E-state index in [0.29, 0.717) is 35.4 Å². The Balaban J connectivity index is 1.99. The summed E-state index contributed by atoms with van der Waals surface area (Å²) in [7, 11) is 0. The van der Waals surface area contributed by atoms with Crippen molar-refractivity contribution in [2.24, 2.45) is 0 Å². The van der Waals surface area contributed by atoms with Gasteiger partial charge in [-0.15, -0.1) is 11.3 Å². The summed E-state index contributed by atoms with van der Waals surface area (Å²) in [6.07, 6.45) is 0.0973. The molecule has 7 heteroatoms. The van der Waals surface area contributed by atoms with Crippen LogP contribution in [0.1, 0.15) is 29.9 Å². The normalized spacial score (nSPS) is 10.2. The van der Waals surface area contributed by atoms with Crippen LogP contribution in [0.5, 0.6) is 5.75 Å². The van der Waals surface area contributed by atoms with E-state index in [2.05, 4.69) is 10.3 Å². The Bertz CT molecular complexity index is 684. The third-order valence-corrected chi connectivity index (χ3v) is 3.62. The smallest absolute Gasteiger partial charge is 0.311 e. The van der Waals surface area contributed by atoms with Gasteiger partial charge in [0.05, 0.1) is 25.3 Å². The van der Waals surface area contributed by atoms with Crippen LogP contribution >= 0.6 is 11.3 Å². The SMILES string of the molecule is CCOC(=O)Cc1csc(NC(=O)c2cccc(OCC)c2)n1. The molecule has 0 saturated heterocycles. The van der Waals surface area contributed by atoms with Crippen molar-refractivity contribution in [1.82, 2.24) is 4.98 Å². The largest absolute Gasteiger partial charge is 0.494 e. The Labute approximate surface area is 138 Å². The number of nitrogens with one attached hydrogen (secondary N) is 1. The number of nitrogens with zero attached hydrogens (tertiary/aromatic N) is 1. The zero-order valence-corrected chi connectivity index (χ0v) is 13.8. The molecule has 1 heterocycles. The van der Waals surface area contributed by atoms with E-state index < -0.39 is 0 Å². The molecule has 1 aromatic carbocycles. The first kappa shape index (κ1) is 17.0. The van der Waals surface area contributed by atoms with Gasteiger partial charge >= 0.3 is 5.97 Å². The molecule has 0 fully saturated rings. The first-order chi connectivity index (χ1) is 11.1. The molecule has 6 nitrogen and oxygen atoms in total. The van der Waals surface area contributed by atoms with E-state index in [1.807, 2.05) is 6.92 Å². The predicted octanol–water partition coefficient (Wildman–Crippen LogP) is 2.90. The third-order valence-electron chi connectivity index (χ3n) is 2.81. The van der Waals surface area contributed by atoms with Crippen molar-refractivity contribution in [3.8, 4) is 5.75 Å². The Hall–Kier alpha value is -2.41. The summed E-state index contributed by atoms with van der Waals surface area (Å²) in [5.74, 6) is 0.0333. The molecule has 1 N–H and O–H groups in total. The molecular formula is C16H18N2O4S. The van der Waals surface area contributed by atoms with Crippen molar-refractivity contribution in [2.75, 3.05) is 18.5 Å². The van der Waals surface area contributed by atoms with Crippen LogP contribution in [0.4, 0.5) is 5.13 Å². The molecule has 0 atom stereocenters. The summed E-state index contributed by atoms with van der Waals surface area (Å²) in [4.78, 5) is 27.8. The van der Waals surface area contributed by atoms with Gasteiger partial charge in [0.15, 0.2) is 5.13 Å². The minimum atomic E-state index is -0.333. The maximum Gasteiger partial charge on any atom is 0.311 e. The van der Waals surface area contributed by atoms with Crippen molar-refractivity contribution in [2.45, 2.75) is 20.3 Å². The molecule has 0 aliphatic carbocycles. The number of esters is 1. The summed E-state index contributed by atoms with van der Waals surface area (Å²) in [5, 5.41) is 4.88. The van der Waals surface area contributed by atoms with Gasteiger partial charge in [0, 0.05) is 10.9 Å². The van der Waals surface area contributed by atoms with Gasteiger partial charge in [-0.3, -0.25) is 14.9 Å². The molecule has 0 bridgehead atoms. The van der Waals surface area contributed by atoms with Crippen molar-refractivity contribution in [1.29, 1.82) is 0 Å². The fourth-order valence-electron chi connectivity index (χ4n) is 1.87. The molecule has 0 spiro atoms. The van der Waals surface area contributed by atoms with E-state index in [0.717, 1.165) is 0 Å². The Kier molecular flexibility index (Phi) is 6.10. The number of rotatable bonds is 7. The number of carbonyl (C=O) groups excluding carboxylic acids is 2. The lowest BCUT2D eigenvalue weighted by Crippen LogP contribution is -2.12. The Morgan fingerprint density at radius 3 is 2.83 bits per heavy atom. The second-order valence-electron chi connectivity index (χ2n) is 4.54. The lowest BCUT2D eigenvalue weighted by atomic mass is 10.2. The number of amides is 1. The fraction of sp³-hybridized carbons (Fsp3) is 0.312. The molecule has 1 aromatic heterocycles. The topological polar surface area (TPSA) is 77.5 Å². The fourth-order valence-corrected chi connectivity index (χ4v) is 2.57. The molecule has 0 radical (unpaired) electrons. The summed E-state index contributed by atoms with van der Waals surface area (Å²) >= 11 is 1.26. The van der Waals surface area contributed by atoms with Crippen LogP contribution in [0, 0.1) is 0 Å². The molecule has 122 valence electrons. The highest BCUT2D eigenvalue weighted by molar-refractivity contribution is 7.14. The van der Waals surface area contributed by atoms with E-state index in [-0.39, 0.29) is 18.3 Å². The summed E-state index contributed by atoms with van der Waals surface area (Å²) in [5.41, 5.74) is 1.06. The van der Waals surface area contributed by atoms with Crippen molar-refractivity contribution >= 4 is 28.3 Å². The van der Waals surface area contributed by atoms with Crippen LogP contribution < -0.4 is 10.1 Å². The van der Waals surface area contributed by atoms with Gasteiger partial charge in [0.2, 0.25) is 0 Å². The van der Waals surface area contributed by atoms with Crippen LogP contribution in [-0.4, -0.2) is 30.1 Å². The van der Waals surface area contributed by atoms with Gasteiger partial charge in [-0.2, -0.15) is 0 Å². The molecule has 23 heavy (non-hydrogen) atoms. The lowest BCUT2D eigenvalue weighted by molar-refractivity contribution is -0.142. The van der Waals surface area contributed by atoms with E-state index in [1.165, 1.54) is 11.3 Å². The first-order valence-corrected chi connectivity index (χ1v) is 8.14. The number of hydrogen-bond donors (Lipinski definition) is 1. The monoisotopic (exact) mass is 334 g/mol. The van der Waals surface area contributed by atoms with Gasteiger partial charge in [-0.25, -0.2) is 4.98 Å². The van der Waals surface area contributed by atoms with Crippen molar-refractivity contribution < 1.29 is 19.1 Å². The Morgan fingerprint density at radius 2 is 2.09 bits per heavy atom. The zero-order chi connectivity index (χ0) is 16.7. The molecule has 0 aliphatic heterocycles. The number of hydrogen-bond acceptors (Lipinski definition) is 6. The molecule has 2 rings (SSSR count). The highest BCUT2D eigenvalue weighted by Gasteiger charge is 2.12. The zero-order valence-electron chi connectivity index (χ0n) is 13.0. The quantitative estimate of drug-likeness (QED) is 0.788. The third kappa shape index (κ3) is 5.07. The van der Waals surface area contributed by atoms with Crippen LogP contribution in [0.15, 0.2) is 29.6 Å². The second kappa shape index (κ2) is 8.28. The standard InChI is InChI=1S/C16H18N2O4S/c1-3-21-13-7-5-6-11(8-13)15(20)18-16-17-12(10-23-16)9-14(19)22-4-2/h5-8,10H,3-4,9H2,1-2H3,(H,17,18,20). The number of carbonyl (C=O) groups is 2. The predicted molar refractivity (Wildman–Crippen MR) is 88.0 cm³/mol. The van der Waals surface area contributed by atoms with Gasteiger partial charge in [0.1, 0.15) is 5.75 Å². The van der Waals surface area contributed by atoms with E-state index in [1.54, 1.807) is 36.6 Å². The second-order valence-corrected chi connectivity index (χ2v) is 5.40. The highest BCUT2D eigenvalue weighted by atomic mass is 32.1. The molecule has 1 amide bonds. The average Bonchev–Trinajstić information content (AvgIpc) is 2.95. The minimum Gasteiger partial charge on any atom is -0.494 e. The average molecular weight is 334 g/mol. The highest BCUT2D eigenvalue weighted by Crippen LogP contribution is 2.19. The summed E-state index contributed by atoms with van der Waals surface area (Å²) < 4.78 is 10.2. The molecule has 2 aromatic rings. The van der Waals surface area contributed by atoms with Crippen molar-refractivity contribution in [3.63, 3.8) is 0 Å². The Morgan fingerprint density at radius 1 is 1.26 bits per heavy atom. The molecule has 0 aliphatic rings. The van der Waals surface area contributed by atoms with Gasteiger partial charge in [-0.1, -0.05) is 6.07 Å². The molecule has 0 saturated carbocycles.